The molecule has 0 saturated carbocycles. The molecule has 0 unspecified atom stereocenters. The number of aromatic nitrogens is 4. The van der Waals surface area contributed by atoms with Crippen LogP contribution in [0.4, 0.5) is 28.3 Å². The topological polar surface area (TPSA) is 140 Å². The highest BCUT2D eigenvalue weighted by Gasteiger charge is 2.23. The molecule has 4 heterocycles. The van der Waals surface area contributed by atoms with Crippen LogP contribution in [0, 0.1) is 0 Å². The molecule has 0 bridgehead atoms. The highest BCUT2D eigenvalue weighted by Crippen LogP contribution is 2.37. The van der Waals surface area contributed by atoms with Gasteiger partial charge >= 0.3 is 6.09 Å². The lowest BCUT2D eigenvalue weighted by atomic mass is 10.1. The average Bonchev–Trinajstić information content (AvgIpc) is 3.46. The zero-order valence-corrected chi connectivity index (χ0v) is 24.1. The largest absolute Gasteiger partial charge is 0.497 e. The van der Waals surface area contributed by atoms with E-state index in [0.29, 0.717) is 79.9 Å². The first-order chi connectivity index (χ1) is 20.5. The monoisotopic (exact) mass is 574 g/mol. The van der Waals surface area contributed by atoms with Crippen molar-refractivity contribution in [2.75, 3.05) is 69.1 Å². The molecular formula is C29H34N8O5. The normalized spacial score (nSPS) is 13.0. The number of nitrogens with one attached hydrogen (secondary N) is 2. The molecule has 220 valence electrons. The molecule has 42 heavy (non-hydrogen) atoms. The van der Waals surface area contributed by atoms with E-state index in [4.69, 9.17) is 23.6 Å². The van der Waals surface area contributed by atoms with E-state index in [9.17, 15) is 4.79 Å². The number of anilines is 4. The third-order valence-electron chi connectivity index (χ3n) is 6.60. The fraction of sp³-hybridized carbons (Fsp3) is 0.345. The van der Waals surface area contributed by atoms with E-state index in [0.717, 1.165) is 17.1 Å². The fourth-order valence-electron chi connectivity index (χ4n) is 4.51. The maximum absolute atomic E-state index is 12.0. The molecule has 1 aliphatic heterocycles. The number of rotatable bonds is 10. The average molecular weight is 575 g/mol. The van der Waals surface area contributed by atoms with Crippen molar-refractivity contribution in [1.82, 2.24) is 24.8 Å². The second-order valence-corrected chi connectivity index (χ2v) is 9.30. The molecule has 5 rings (SSSR count). The summed E-state index contributed by atoms with van der Waals surface area (Å²) in [5, 5.41) is 6.35. The number of amides is 1. The Morgan fingerprint density at radius 3 is 2.38 bits per heavy atom. The molecule has 1 aromatic carbocycles. The minimum Gasteiger partial charge on any atom is -0.497 e. The Balaban J connectivity index is 1.34. The summed E-state index contributed by atoms with van der Waals surface area (Å²) < 4.78 is 22.1. The zero-order valence-electron chi connectivity index (χ0n) is 24.1. The van der Waals surface area contributed by atoms with Crippen LogP contribution in [0.1, 0.15) is 13.8 Å². The number of methoxy groups -OCH3 is 2. The lowest BCUT2D eigenvalue weighted by molar-refractivity contribution is 0.105. The first kappa shape index (κ1) is 28.5. The van der Waals surface area contributed by atoms with Crippen LogP contribution >= 0.6 is 0 Å². The molecule has 4 aromatic rings. The molecule has 0 spiro atoms. The number of benzene rings is 1. The Bertz CT molecular complexity index is 1480. The number of oxazole rings is 1. The van der Waals surface area contributed by atoms with Gasteiger partial charge in [-0.2, -0.15) is 4.98 Å². The summed E-state index contributed by atoms with van der Waals surface area (Å²) in [5.74, 6) is 2.94. The van der Waals surface area contributed by atoms with Crippen molar-refractivity contribution in [2.45, 2.75) is 13.8 Å². The molecule has 13 heteroatoms. The summed E-state index contributed by atoms with van der Waals surface area (Å²) in [4.78, 5) is 34.2. The molecule has 1 saturated heterocycles. The Morgan fingerprint density at radius 2 is 1.74 bits per heavy atom. The highest BCUT2D eigenvalue weighted by molar-refractivity contribution is 5.78. The maximum Gasteiger partial charge on any atom is 0.409 e. The number of hydrogen-bond acceptors (Lipinski definition) is 12. The van der Waals surface area contributed by atoms with Gasteiger partial charge in [0.1, 0.15) is 28.7 Å². The summed E-state index contributed by atoms with van der Waals surface area (Å²) in [6.07, 6.45) is 3.11. The molecule has 0 aliphatic carbocycles. The summed E-state index contributed by atoms with van der Waals surface area (Å²) in [7, 11) is 3.20. The standard InChI is InChI=1S/C29H34N8O5/c1-5-30-28-35-25(19-15-21(39-3)17-22(16-19)40-4)26(42-28)23-9-10-31-27(34-23)33-20-7-8-24(32-18-20)36-11-13-37(14-12-36)29(38)41-6-2/h7-10,15-18H,5-6,11-14H2,1-4H3,(H,30,35)(H,31,33,34). The van der Waals surface area contributed by atoms with Gasteiger partial charge in [0, 0.05) is 50.6 Å². The summed E-state index contributed by atoms with van der Waals surface area (Å²) in [6.45, 7) is 7.31. The third kappa shape index (κ3) is 6.45. The number of nitrogens with zero attached hydrogens (tertiary/aromatic N) is 6. The van der Waals surface area contributed by atoms with Crippen molar-refractivity contribution in [3.05, 3.63) is 48.8 Å². The van der Waals surface area contributed by atoms with Gasteiger partial charge in [0.15, 0.2) is 5.76 Å². The zero-order chi connectivity index (χ0) is 29.5. The van der Waals surface area contributed by atoms with Crippen molar-refractivity contribution < 1.29 is 23.4 Å². The van der Waals surface area contributed by atoms with E-state index >= 15 is 0 Å². The minimum atomic E-state index is -0.273. The van der Waals surface area contributed by atoms with E-state index in [-0.39, 0.29) is 6.09 Å². The van der Waals surface area contributed by atoms with Crippen molar-refractivity contribution in [3.8, 4) is 34.2 Å². The second-order valence-electron chi connectivity index (χ2n) is 9.30. The minimum absolute atomic E-state index is 0.273. The molecular weight excluding hydrogens is 540 g/mol. The molecule has 1 fully saturated rings. The van der Waals surface area contributed by atoms with Crippen molar-refractivity contribution in [2.24, 2.45) is 0 Å². The van der Waals surface area contributed by atoms with Crippen molar-refractivity contribution in [1.29, 1.82) is 0 Å². The van der Waals surface area contributed by atoms with Gasteiger partial charge in [-0.25, -0.2) is 19.7 Å². The Morgan fingerprint density at radius 1 is 0.976 bits per heavy atom. The van der Waals surface area contributed by atoms with E-state index < -0.39 is 0 Å². The summed E-state index contributed by atoms with van der Waals surface area (Å²) in [5.41, 5.74) is 2.61. The molecule has 3 aromatic heterocycles. The van der Waals surface area contributed by atoms with E-state index in [1.54, 1.807) is 50.6 Å². The maximum atomic E-state index is 12.0. The van der Waals surface area contributed by atoms with Gasteiger partial charge < -0.3 is 39.1 Å². The van der Waals surface area contributed by atoms with Crippen LogP contribution in [0.5, 0.6) is 11.5 Å². The predicted molar refractivity (Wildman–Crippen MR) is 159 cm³/mol. The Kier molecular flexibility index (Phi) is 8.85. The highest BCUT2D eigenvalue weighted by atomic mass is 16.6. The first-order valence-electron chi connectivity index (χ1n) is 13.7. The van der Waals surface area contributed by atoms with Crippen LogP contribution in [0.2, 0.25) is 0 Å². The SMILES string of the molecule is CCNc1nc(-c2cc(OC)cc(OC)c2)c(-c2ccnc(Nc3ccc(N4CCN(C(=O)OCC)CC4)nc3)n2)o1. The van der Waals surface area contributed by atoms with Gasteiger partial charge in [0.25, 0.3) is 6.01 Å². The van der Waals surface area contributed by atoms with E-state index in [2.05, 4.69) is 30.5 Å². The van der Waals surface area contributed by atoms with Crippen LogP contribution in [0.15, 0.2) is 53.2 Å². The summed E-state index contributed by atoms with van der Waals surface area (Å²) in [6, 6.07) is 11.5. The van der Waals surface area contributed by atoms with Crippen LogP contribution in [-0.4, -0.2) is 84.5 Å². The van der Waals surface area contributed by atoms with Crippen LogP contribution in [-0.2, 0) is 4.74 Å². The number of carbonyl (C=O) groups is 1. The van der Waals surface area contributed by atoms with Gasteiger partial charge in [0.05, 0.1) is 32.7 Å². The summed E-state index contributed by atoms with van der Waals surface area (Å²) >= 11 is 0. The van der Waals surface area contributed by atoms with Crippen LogP contribution < -0.4 is 25.0 Å². The van der Waals surface area contributed by atoms with Gasteiger partial charge in [0.2, 0.25) is 5.95 Å². The second kappa shape index (κ2) is 13.1. The molecule has 1 amide bonds. The molecule has 2 N–H and O–H groups in total. The van der Waals surface area contributed by atoms with Gasteiger partial charge in [-0.1, -0.05) is 0 Å². The molecule has 0 atom stereocenters. The quantitative estimate of drug-likeness (QED) is 0.272. The Hall–Kier alpha value is -5.07. The molecule has 0 radical (unpaired) electrons. The first-order valence-corrected chi connectivity index (χ1v) is 13.7. The number of hydrogen-bond donors (Lipinski definition) is 2. The smallest absolute Gasteiger partial charge is 0.409 e. The fourth-order valence-corrected chi connectivity index (χ4v) is 4.51. The molecule has 1 aliphatic rings. The van der Waals surface area contributed by atoms with Gasteiger partial charge in [-0.15, -0.1) is 0 Å². The molecule has 13 nitrogen and oxygen atoms in total. The number of piperazine rings is 1. The number of pyridine rings is 1. The van der Waals surface area contributed by atoms with Crippen molar-refractivity contribution >= 4 is 29.6 Å². The number of carbonyl (C=O) groups excluding carboxylic acids is 1. The van der Waals surface area contributed by atoms with E-state index in [1.807, 2.05) is 31.2 Å². The third-order valence-corrected chi connectivity index (χ3v) is 6.60. The van der Waals surface area contributed by atoms with Crippen molar-refractivity contribution in [3.63, 3.8) is 0 Å². The lowest BCUT2D eigenvalue weighted by Crippen LogP contribution is -2.49. The predicted octanol–water partition coefficient (Wildman–Crippen LogP) is 4.66. The lowest BCUT2D eigenvalue weighted by Gasteiger charge is -2.34. The van der Waals surface area contributed by atoms with Gasteiger partial charge in [-0.05, 0) is 44.2 Å². The number of ether oxygens (including phenoxy) is 3. The van der Waals surface area contributed by atoms with Crippen LogP contribution in [0.3, 0.4) is 0 Å². The van der Waals surface area contributed by atoms with Crippen LogP contribution in [0.25, 0.3) is 22.7 Å². The van der Waals surface area contributed by atoms with Gasteiger partial charge in [-0.3, -0.25) is 0 Å². The van der Waals surface area contributed by atoms with E-state index in [1.165, 1.54) is 0 Å². The Labute approximate surface area is 243 Å².